The molecule has 3 N–H and O–H groups in total. The molecule has 0 aliphatic rings. The lowest BCUT2D eigenvalue weighted by atomic mass is 9.98. The third-order valence-corrected chi connectivity index (χ3v) is 6.10. The average molecular weight is 534 g/mol. The number of phenols is 1. The molecule has 8 nitrogen and oxygen atoms in total. The molecule has 2 unspecified atom stereocenters. The van der Waals surface area contributed by atoms with E-state index in [9.17, 15) is 19.5 Å². The topological polar surface area (TPSA) is 108 Å². The van der Waals surface area contributed by atoms with E-state index in [4.69, 9.17) is 4.74 Å². The van der Waals surface area contributed by atoms with Crippen molar-refractivity contribution in [2.45, 2.75) is 118 Å². The molecule has 1 aromatic rings. The molecule has 0 spiro atoms. The number of ether oxygens (including phenoxy) is 1. The van der Waals surface area contributed by atoms with E-state index < -0.39 is 23.8 Å². The van der Waals surface area contributed by atoms with E-state index in [1.807, 2.05) is 13.8 Å². The van der Waals surface area contributed by atoms with Crippen molar-refractivity contribution < 1.29 is 24.2 Å². The van der Waals surface area contributed by atoms with Gasteiger partial charge < -0.3 is 25.4 Å². The standard InChI is InChI=1S/C30H51N3O5/c1-8-10-12-16-20-33(28(36)24(21-22(3)4)32-29(37)38-30(5,6)7)26(23-17-13-14-18-25(23)34)27(35)31-19-15-11-9-2/h13-14,17-18,22,24,26,34H,8-12,15-16,19-21H2,1-7H3,(H,31,35)(H,32,37). The summed E-state index contributed by atoms with van der Waals surface area (Å²) in [7, 11) is 0. The molecule has 0 aromatic heterocycles. The maximum Gasteiger partial charge on any atom is 0.408 e. The Labute approximate surface area is 229 Å². The van der Waals surface area contributed by atoms with Gasteiger partial charge in [-0.25, -0.2) is 4.79 Å². The molecule has 0 heterocycles. The fourth-order valence-corrected chi connectivity index (χ4v) is 4.27. The number of aromatic hydroxyl groups is 1. The van der Waals surface area contributed by atoms with Gasteiger partial charge in [0.1, 0.15) is 23.4 Å². The van der Waals surface area contributed by atoms with Crippen molar-refractivity contribution in [3.63, 3.8) is 0 Å². The Hall–Kier alpha value is -2.77. The zero-order valence-electron chi connectivity index (χ0n) is 24.6. The highest BCUT2D eigenvalue weighted by molar-refractivity contribution is 5.92. The Balaban J connectivity index is 3.44. The number of rotatable bonds is 16. The lowest BCUT2D eigenvalue weighted by Crippen LogP contribution is -2.53. The van der Waals surface area contributed by atoms with Crippen LogP contribution in [0.2, 0.25) is 0 Å². The number of alkyl carbamates (subject to hydrolysis) is 1. The van der Waals surface area contributed by atoms with E-state index in [-0.39, 0.29) is 23.5 Å². The van der Waals surface area contributed by atoms with Gasteiger partial charge >= 0.3 is 6.09 Å². The highest BCUT2D eigenvalue weighted by Crippen LogP contribution is 2.30. The quantitative estimate of drug-likeness (QED) is 0.223. The molecule has 0 aliphatic carbocycles. The number of para-hydroxylation sites is 1. The minimum atomic E-state index is -1.03. The van der Waals surface area contributed by atoms with Gasteiger partial charge in [0.25, 0.3) is 0 Å². The minimum absolute atomic E-state index is 0.0481. The van der Waals surface area contributed by atoms with Crippen molar-refractivity contribution in [3.8, 4) is 5.75 Å². The van der Waals surface area contributed by atoms with Crippen LogP contribution in [0.3, 0.4) is 0 Å². The van der Waals surface area contributed by atoms with Crippen molar-refractivity contribution in [1.82, 2.24) is 15.5 Å². The number of benzene rings is 1. The molecule has 0 bridgehead atoms. The Morgan fingerprint density at radius 3 is 2.18 bits per heavy atom. The van der Waals surface area contributed by atoms with Crippen LogP contribution < -0.4 is 10.6 Å². The molecule has 2 atom stereocenters. The fraction of sp³-hybridized carbons (Fsp3) is 0.700. The summed E-state index contributed by atoms with van der Waals surface area (Å²) in [6.07, 6.45) is 6.19. The van der Waals surface area contributed by atoms with Crippen molar-refractivity contribution in [2.75, 3.05) is 13.1 Å². The van der Waals surface area contributed by atoms with Gasteiger partial charge in [-0.2, -0.15) is 0 Å². The van der Waals surface area contributed by atoms with E-state index in [1.165, 1.54) is 11.0 Å². The van der Waals surface area contributed by atoms with Gasteiger partial charge in [0, 0.05) is 18.7 Å². The van der Waals surface area contributed by atoms with Crippen LogP contribution in [0.15, 0.2) is 24.3 Å². The molecule has 0 saturated carbocycles. The number of hydrogen-bond acceptors (Lipinski definition) is 5. The number of hydrogen-bond donors (Lipinski definition) is 3. The normalized spacial score (nSPS) is 13.1. The van der Waals surface area contributed by atoms with Crippen LogP contribution in [0.5, 0.6) is 5.75 Å². The predicted molar refractivity (Wildman–Crippen MR) is 152 cm³/mol. The second-order valence-electron chi connectivity index (χ2n) is 11.4. The number of nitrogens with one attached hydrogen (secondary N) is 2. The van der Waals surface area contributed by atoms with Crippen LogP contribution in [0.4, 0.5) is 4.79 Å². The lowest BCUT2D eigenvalue weighted by Gasteiger charge is -2.35. The van der Waals surface area contributed by atoms with Gasteiger partial charge in [0.05, 0.1) is 0 Å². The van der Waals surface area contributed by atoms with E-state index in [0.29, 0.717) is 31.5 Å². The van der Waals surface area contributed by atoms with E-state index >= 15 is 0 Å². The molecule has 0 saturated heterocycles. The summed E-state index contributed by atoms with van der Waals surface area (Å²) in [5.74, 6) is -0.648. The summed E-state index contributed by atoms with van der Waals surface area (Å²) in [5, 5.41) is 16.5. The minimum Gasteiger partial charge on any atom is -0.508 e. The zero-order chi connectivity index (χ0) is 28.7. The first kappa shape index (κ1) is 33.3. The highest BCUT2D eigenvalue weighted by atomic mass is 16.6. The second kappa shape index (κ2) is 16.9. The predicted octanol–water partition coefficient (Wildman–Crippen LogP) is 6.09. The molecule has 8 heteroatoms. The first-order valence-corrected chi connectivity index (χ1v) is 14.3. The third-order valence-electron chi connectivity index (χ3n) is 6.10. The van der Waals surface area contributed by atoms with Gasteiger partial charge in [-0.3, -0.25) is 9.59 Å². The molecular weight excluding hydrogens is 482 g/mol. The molecule has 0 radical (unpaired) electrons. The van der Waals surface area contributed by atoms with Gasteiger partial charge in [-0.15, -0.1) is 0 Å². The first-order chi connectivity index (χ1) is 17.9. The molecule has 216 valence electrons. The van der Waals surface area contributed by atoms with Gasteiger partial charge in [0.2, 0.25) is 11.8 Å². The Morgan fingerprint density at radius 2 is 1.61 bits per heavy atom. The fourth-order valence-electron chi connectivity index (χ4n) is 4.27. The monoisotopic (exact) mass is 533 g/mol. The van der Waals surface area contributed by atoms with Crippen molar-refractivity contribution >= 4 is 17.9 Å². The van der Waals surface area contributed by atoms with Crippen molar-refractivity contribution in [2.24, 2.45) is 5.92 Å². The Morgan fingerprint density at radius 1 is 0.974 bits per heavy atom. The average Bonchev–Trinajstić information content (AvgIpc) is 2.82. The summed E-state index contributed by atoms with van der Waals surface area (Å²) in [5.41, 5.74) is -0.351. The molecule has 0 fully saturated rings. The van der Waals surface area contributed by atoms with Crippen molar-refractivity contribution in [1.29, 1.82) is 0 Å². The molecule has 38 heavy (non-hydrogen) atoms. The van der Waals surface area contributed by atoms with Crippen LogP contribution in [-0.4, -0.2) is 52.6 Å². The van der Waals surface area contributed by atoms with E-state index in [2.05, 4.69) is 24.5 Å². The number of amides is 3. The molecular formula is C30H51N3O5. The molecule has 3 amide bonds. The summed E-state index contributed by atoms with van der Waals surface area (Å²) in [6, 6.07) is 4.73. The lowest BCUT2D eigenvalue weighted by molar-refractivity contribution is -0.143. The number of phenolic OH excluding ortho intramolecular Hbond substituents is 1. The maximum atomic E-state index is 14.1. The summed E-state index contributed by atoms with van der Waals surface area (Å²) < 4.78 is 5.44. The Bertz CT molecular complexity index is 866. The number of unbranched alkanes of at least 4 members (excludes halogenated alkanes) is 5. The Kier molecular flexibility index (Phi) is 14.8. The van der Waals surface area contributed by atoms with Crippen LogP contribution in [-0.2, 0) is 14.3 Å². The zero-order valence-corrected chi connectivity index (χ0v) is 24.6. The van der Waals surface area contributed by atoms with E-state index in [1.54, 1.807) is 39.0 Å². The molecule has 1 rings (SSSR count). The van der Waals surface area contributed by atoms with Crippen molar-refractivity contribution in [3.05, 3.63) is 29.8 Å². The maximum absolute atomic E-state index is 14.1. The summed E-state index contributed by atoms with van der Waals surface area (Å²) >= 11 is 0. The van der Waals surface area contributed by atoms with Crippen LogP contribution in [0, 0.1) is 5.92 Å². The number of nitrogens with zero attached hydrogens (tertiary/aromatic N) is 1. The van der Waals surface area contributed by atoms with Gasteiger partial charge in [-0.1, -0.05) is 78.0 Å². The highest BCUT2D eigenvalue weighted by Gasteiger charge is 2.37. The van der Waals surface area contributed by atoms with Gasteiger partial charge in [-0.05, 0) is 52.0 Å². The SMILES string of the molecule is CCCCCCN(C(=O)C(CC(C)C)NC(=O)OC(C)(C)C)C(C(=O)NCCCCC)c1ccccc1O. The van der Waals surface area contributed by atoms with Crippen LogP contribution in [0.1, 0.15) is 111 Å². The second-order valence-corrected chi connectivity index (χ2v) is 11.4. The van der Waals surface area contributed by atoms with Crippen LogP contribution >= 0.6 is 0 Å². The van der Waals surface area contributed by atoms with E-state index in [0.717, 1.165) is 38.5 Å². The summed E-state index contributed by atoms with van der Waals surface area (Å²) in [6.45, 7) is 14.3. The van der Waals surface area contributed by atoms with Crippen LogP contribution in [0.25, 0.3) is 0 Å². The number of carbonyl (C=O) groups excluding carboxylic acids is 3. The summed E-state index contributed by atoms with van der Waals surface area (Å²) in [4.78, 5) is 42.0. The number of carbonyl (C=O) groups is 3. The smallest absolute Gasteiger partial charge is 0.408 e. The first-order valence-electron chi connectivity index (χ1n) is 14.3. The molecule has 1 aromatic carbocycles. The molecule has 0 aliphatic heterocycles. The largest absolute Gasteiger partial charge is 0.508 e. The third kappa shape index (κ3) is 12.2. The van der Waals surface area contributed by atoms with Gasteiger partial charge in [0.15, 0.2) is 0 Å².